The quantitative estimate of drug-likeness (QED) is 0.306. The Hall–Kier alpha value is -1.68. The van der Waals surface area contributed by atoms with E-state index in [4.69, 9.17) is 46.4 Å². The molecule has 174 valence electrons. The van der Waals surface area contributed by atoms with E-state index < -0.39 is 30.3 Å². The molecule has 0 unspecified atom stereocenters. The van der Waals surface area contributed by atoms with Gasteiger partial charge in [0.25, 0.3) is 0 Å². The Balaban J connectivity index is 2.20. The molecule has 0 radical (unpaired) electrons. The molecule has 1 aromatic carbocycles. The predicted molar refractivity (Wildman–Crippen MR) is 111 cm³/mol. The van der Waals surface area contributed by atoms with Crippen molar-refractivity contribution in [1.82, 2.24) is 10.3 Å². The largest absolute Gasteiger partial charge is 0.416 e. The Morgan fingerprint density at radius 3 is 2.06 bits per heavy atom. The monoisotopic (exact) mass is 538 g/mol. The molecule has 0 fully saturated rings. The number of alkyl halides is 6. The third-order valence-corrected chi connectivity index (χ3v) is 5.45. The first-order chi connectivity index (χ1) is 14.7. The lowest BCUT2D eigenvalue weighted by molar-refractivity contribution is -0.153. The second-order valence-electron chi connectivity index (χ2n) is 6.41. The van der Waals surface area contributed by atoms with E-state index in [0.29, 0.717) is 0 Å². The molecular weight excluding hydrogens is 528 g/mol. The minimum absolute atomic E-state index is 0.0330. The van der Waals surface area contributed by atoms with Crippen LogP contribution in [0.2, 0.25) is 20.1 Å². The third-order valence-electron chi connectivity index (χ3n) is 3.93. The second kappa shape index (κ2) is 10.5. The van der Waals surface area contributed by atoms with Gasteiger partial charge in [0.1, 0.15) is 6.42 Å². The molecule has 2 aromatic rings. The summed E-state index contributed by atoms with van der Waals surface area (Å²) in [5, 5.41) is 1.62. The highest BCUT2D eigenvalue weighted by atomic mass is 35.5. The SMILES string of the molecule is O=C(CC(F)(F)F)NCc1ncc(CC=C(c2cc(Cl)c(Cl)c(Cl)c2)C(F)(F)F)cc1Cl. The summed E-state index contributed by atoms with van der Waals surface area (Å²) < 4.78 is 77.2. The first kappa shape index (κ1) is 26.6. The zero-order valence-electron chi connectivity index (χ0n) is 15.6. The van der Waals surface area contributed by atoms with Crippen molar-refractivity contribution in [3.63, 3.8) is 0 Å². The molecule has 3 nitrogen and oxygen atoms in total. The lowest BCUT2D eigenvalue weighted by Crippen LogP contribution is -2.28. The van der Waals surface area contributed by atoms with Crippen LogP contribution in [0, 0.1) is 0 Å². The molecular formula is C19H12Cl4F6N2O. The Kier molecular flexibility index (Phi) is 8.72. The number of carbonyl (C=O) groups excluding carboxylic acids is 1. The van der Waals surface area contributed by atoms with Gasteiger partial charge < -0.3 is 5.32 Å². The maximum Gasteiger partial charge on any atom is 0.416 e. The van der Waals surface area contributed by atoms with E-state index in [0.717, 1.165) is 18.2 Å². The Morgan fingerprint density at radius 1 is 0.969 bits per heavy atom. The van der Waals surface area contributed by atoms with Gasteiger partial charge in [0.15, 0.2) is 0 Å². The molecule has 0 saturated heterocycles. The average molecular weight is 540 g/mol. The number of nitrogens with zero attached hydrogens (tertiary/aromatic N) is 1. The van der Waals surface area contributed by atoms with Crippen LogP contribution in [-0.2, 0) is 17.8 Å². The topological polar surface area (TPSA) is 42.0 Å². The molecule has 2 rings (SSSR count). The van der Waals surface area contributed by atoms with E-state index in [1.54, 1.807) is 0 Å². The summed E-state index contributed by atoms with van der Waals surface area (Å²) in [4.78, 5) is 15.1. The summed E-state index contributed by atoms with van der Waals surface area (Å²) in [5.74, 6) is -1.27. The van der Waals surface area contributed by atoms with Crippen LogP contribution < -0.4 is 5.32 Å². The van der Waals surface area contributed by atoms with Crippen molar-refractivity contribution in [2.45, 2.75) is 31.7 Å². The zero-order chi connectivity index (χ0) is 24.3. The first-order valence-corrected chi connectivity index (χ1v) is 10.1. The first-order valence-electron chi connectivity index (χ1n) is 8.56. The molecule has 1 amide bonds. The predicted octanol–water partition coefficient (Wildman–Crippen LogP) is 7.45. The number of pyridine rings is 1. The number of carbonyl (C=O) groups is 1. The molecule has 1 aromatic heterocycles. The van der Waals surface area contributed by atoms with E-state index in [1.165, 1.54) is 12.3 Å². The average Bonchev–Trinajstić information content (AvgIpc) is 2.63. The van der Waals surface area contributed by atoms with E-state index >= 15 is 0 Å². The van der Waals surface area contributed by atoms with Crippen LogP contribution in [-0.4, -0.2) is 23.2 Å². The van der Waals surface area contributed by atoms with Crippen molar-refractivity contribution in [2.75, 3.05) is 0 Å². The molecule has 0 aliphatic heterocycles. The van der Waals surface area contributed by atoms with Gasteiger partial charge in [-0.2, -0.15) is 26.3 Å². The van der Waals surface area contributed by atoms with Gasteiger partial charge in [-0.15, -0.1) is 0 Å². The van der Waals surface area contributed by atoms with Crippen LogP contribution >= 0.6 is 46.4 Å². The highest BCUT2D eigenvalue weighted by Crippen LogP contribution is 2.39. The van der Waals surface area contributed by atoms with Crippen molar-refractivity contribution in [3.05, 3.63) is 67.4 Å². The molecule has 1 N–H and O–H groups in total. The highest BCUT2D eigenvalue weighted by Gasteiger charge is 2.35. The summed E-state index contributed by atoms with van der Waals surface area (Å²) in [6.45, 7) is -0.376. The Morgan fingerprint density at radius 2 is 1.56 bits per heavy atom. The minimum atomic E-state index is -4.74. The van der Waals surface area contributed by atoms with Gasteiger partial charge in [-0.05, 0) is 35.7 Å². The normalized spacial score (nSPS) is 12.8. The number of rotatable bonds is 6. The lowest BCUT2D eigenvalue weighted by atomic mass is 10.0. The molecule has 13 heteroatoms. The van der Waals surface area contributed by atoms with Crippen molar-refractivity contribution >= 4 is 57.9 Å². The molecule has 0 aliphatic rings. The molecule has 0 aliphatic carbocycles. The van der Waals surface area contributed by atoms with E-state index in [9.17, 15) is 31.1 Å². The number of halogens is 10. The van der Waals surface area contributed by atoms with E-state index in [1.807, 2.05) is 5.32 Å². The number of aromatic nitrogens is 1. The van der Waals surface area contributed by atoms with Gasteiger partial charge in [0.05, 0.1) is 37.9 Å². The molecule has 0 spiro atoms. The van der Waals surface area contributed by atoms with Gasteiger partial charge in [-0.3, -0.25) is 9.78 Å². The smallest absolute Gasteiger partial charge is 0.350 e. The number of hydrogen-bond donors (Lipinski definition) is 1. The van der Waals surface area contributed by atoms with Crippen molar-refractivity contribution in [3.8, 4) is 0 Å². The standard InChI is InChI=1S/C19H12Cl4F6N2O/c20-12-3-9(7-30-15(12)8-31-16(32)6-18(24,25)26)1-2-11(19(27,28)29)10-4-13(21)17(23)14(22)5-10/h2-5,7H,1,6,8H2,(H,31,32). The van der Waals surface area contributed by atoms with Crippen LogP contribution in [0.3, 0.4) is 0 Å². The summed E-state index contributed by atoms with van der Waals surface area (Å²) in [6.07, 6.45) is -9.21. The molecule has 0 saturated carbocycles. The molecule has 0 bridgehead atoms. The maximum absolute atomic E-state index is 13.6. The number of nitrogens with one attached hydrogen (secondary N) is 1. The van der Waals surface area contributed by atoms with Crippen LogP contribution in [0.1, 0.15) is 23.2 Å². The minimum Gasteiger partial charge on any atom is -0.350 e. The zero-order valence-corrected chi connectivity index (χ0v) is 18.7. The summed E-state index contributed by atoms with van der Waals surface area (Å²) in [6, 6.07) is 3.37. The van der Waals surface area contributed by atoms with Gasteiger partial charge >= 0.3 is 12.4 Å². The fourth-order valence-corrected chi connectivity index (χ4v) is 3.35. The molecule has 1 heterocycles. The second-order valence-corrected chi connectivity index (χ2v) is 8.01. The highest BCUT2D eigenvalue weighted by molar-refractivity contribution is 6.48. The van der Waals surface area contributed by atoms with Crippen LogP contribution in [0.4, 0.5) is 26.3 Å². The maximum atomic E-state index is 13.6. The number of amides is 1. The number of allylic oxidation sites excluding steroid dienone is 2. The summed E-state index contributed by atoms with van der Waals surface area (Å²) in [7, 11) is 0. The van der Waals surface area contributed by atoms with Crippen LogP contribution in [0.25, 0.3) is 5.57 Å². The fourth-order valence-electron chi connectivity index (χ4n) is 2.50. The lowest BCUT2D eigenvalue weighted by Gasteiger charge is -2.14. The fraction of sp³-hybridized carbons (Fsp3) is 0.263. The van der Waals surface area contributed by atoms with Crippen molar-refractivity contribution in [1.29, 1.82) is 0 Å². The molecule has 32 heavy (non-hydrogen) atoms. The van der Waals surface area contributed by atoms with E-state index in [2.05, 4.69) is 4.98 Å². The van der Waals surface area contributed by atoms with Crippen molar-refractivity contribution in [2.24, 2.45) is 0 Å². The number of hydrogen-bond acceptors (Lipinski definition) is 2. The summed E-state index contributed by atoms with van der Waals surface area (Å²) >= 11 is 23.4. The Bertz CT molecular complexity index is 1010. The van der Waals surface area contributed by atoms with Crippen molar-refractivity contribution < 1.29 is 31.1 Å². The summed E-state index contributed by atoms with van der Waals surface area (Å²) in [5.41, 5.74) is -0.965. The molecule has 0 atom stereocenters. The van der Waals surface area contributed by atoms with Gasteiger partial charge in [-0.1, -0.05) is 52.5 Å². The van der Waals surface area contributed by atoms with Gasteiger partial charge in [0, 0.05) is 6.20 Å². The van der Waals surface area contributed by atoms with Crippen LogP contribution in [0.5, 0.6) is 0 Å². The third kappa shape index (κ3) is 7.72. The van der Waals surface area contributed by atoms with E-state index in [-0.39, 0.29) is 49.9 Å². The van der Waals surface area contributed by atoms with Crippen LogP contribution in [0.15, 0.2) is 30.5 Å². The Labute approximate surface area is 198 Å². The van der Waals surface area contributed by atoms with Gasteiger partial charge in [-0.25, -0.2) is 0 Å². The number of benzene rings is 1. The van der Waals surface area contributed by atoms with Gasteiger partial charge in [0.2, 0.25) is 5.91 Å².